The maximum Gasteiger partial charge on any atom is 0.244 e. The van der Waals surface area contributed by atoms with Gasteiger partial charge in [-0.25, -0.2) is 4.98 Å². The molecule has 1 fully saturated rings. The van der Waals surface area contributed by atoms with Gasteiger partial charge in [-0.15, -0.1) is 11.3 Å². The second kappa shape index (κ2) is 19.4. The van der Waals surface area contributed by atoms with Crippen LogP contribution in [0.3, 0.4) is 0 Å². The Kier molecular flexibility index (Phi) is 15.4. The second-order valence-electron chi connectivity index (χ2n) is 18.2. The van der Waals surface area contributed by atoms with E-state index in [4.69, 9.17) is 4.99 Å². The monoisotopic (exact) mass is 820 g/mol. The molecule has 1 aromatic heterocycles. The van der Waals surface area contributed by atoms with Gasteiger partial charge < -0.3 is 31.5 Å². The molecule has 14 nitrogen and oxygen atoms in total. The molecule has 4 rings (SSSR count). The average molecular weight is 821 g/mol. The second-order valence-corrected chi connectivity index (χ2v) is 19.1. The largest absolute Gasteiger partial charge is 0.360 e. The van der Waals surface area contributed by atoms with E-state index in [0.717, 1.165) is 5.56 Å². The third kappa shape index (κ3) is 11.5. The molecule has 0 saturated carbocycles. The van der Waals surface area contributed by atoms with E-state index >= 15 is 0 Å². The van der Waals surface area contributed by atoms with Crippen molar-refractivity contribution in [2.75, 3.05) is 13.1 Å². The third-order valence-corrected chi connectivity index (χ3v) is 12.0. The number of amides is 5. The lowest BCUT2D eigenvalue weighted by Gasteiger charge is -2.39. The van der Waals surface area contributed by atoms with Gasteiger partial charge in [-0.2, -0.15) is 0 Å². The number of ketones is 1. The number of aromatic nitrogens is 1. The number of rotatable bonds is 12. The number of nitrogens with one attached hydrogen (secondary N) is 5. The topological polar surface area (TPSA) is 191 Å². The molecule has 318 valence electrons. The van der Waals surface area contributed by atoms with E-state index < -0.39 is 70.7 Å². The van der Waals surface area contributed by atoms with Crippen molar-refractivity contribution in [3.63, 3.8) is 0 Å². The zero-order valence-electron chi connectivity index (χ0n) is 36.0. The van der Waals surface area contributed by atoms with Crippen LogP contribution in [0.25, 0.3) is 0 Å². The van der Waals surface area contributed by atoms with Gasteiger partial charge in [-0.1, -0.05) is 106 Å². The molecular weight excluding hydrogens is 757 g/mol. The van der Waals surface area contributed by atoms with Gasteiger partial charge in [0.25, 0.3) is 0 Å². The SMILES string of the molecule is CCC(=O)C[C@@H](NC(=O)[C@@H](NC(=O)[C@@H](NC1=NCC(=O)N2CC[C@@H](C)[C@H]2C(=O)N[C@@H](C(C)C)C(=O)N[C@H]1C(C)(C)C)C(C)(C)C)[C@@H](C)c1ccccc1)c1nccs1. The Morgan fingerprint density at radius 1 is 0.948 bits per heavy atom. The molecule has 2 aliphatic rings. The number of carbonyl (C=O) groups excluding carboxylic acids is 6. The van der Waals surface area contributed by atoms with Gasteiger partial charge >= 0.3 is 0 Å². The Labute approximate surface area is 347 Å². The van der Waals surface area contributed by atoms with E-state index in [1.807, 2.05) is 99.6 Å². The first-order valence-electron chi connectivity index (χ1n) is 20.4. The molecule has 0 radical (unpaired) electrons. The van der Waals surface area contributed by atoms with E-state index in [9.17, 15) is 28.8 Å². The molecule has 0 spiro atoms. The fraction of sp³-hybridized carbons (Fsp3) is 0.628. The van der Waals surface area contributed by atoms with E-state index in [-0.39, 0.29) is 48.2 Å². The van der Waals surface area contributed by atoms with Gasteiger partial charge in [0.15, 0.2) is 0 Å². The molecule has 5 N–H and O–H groups in total. The van der Waals surface area contributed by atoms with Crippen molar-refractivity contribution in [2.45, 2.75) is 138 Å². The van der Waals surface area contributed by atoms with Crippen molar-refractivity contribution in [2.24, 2.45) is 27.7 Å². The molecule has 5 amide bonds. The highest BCUT2D eigenvalue weighted by Crippen LogP contribution is 2.29. The van der Waals surface area contributed by atoms with Crippen LogP contribution in [-0.4, -0.2) is 94.3 Å². The maximum atomic E-state index is 14.8. The number of hydrogen-bond donors (Lipinski definition) is 5. The number of fused-ring (bicyclic) bond motifs is 1. The maximum absolute atomic E-state index is 14.8. The first-order valence-corrected chi connectivity index (χ1v) is 21.3. The van der Waals surface area contributed by atoms with Gasteiger partial charge in [-0.05, 0) is 34.7 Å². The quantitative estimate of drug-likeness (QED) is 0.210. The molecule has 15 heteroatoms. The van der Waals surface area contributed by atoms with Crippen molar-refractivity contribution >= 4 is 52.5 Å². The highest BCUT2D eigenvalue weighted by atomic mass is 32.1. The van der Waals surface area contributed by atoms with Gasteiger partial charge in [0.1, 0.15) is 47.3 Å². The van der Waals surface area contributed by atoms with Gasteiger partial charge in [0.2, 0.25) is 29.5 Å². The standard InChI is InChI=1S/C43H64N8O6S/c1-12-28(52)22-29(41-44-19-21-58-41)46-38(55)32(26(5)27-16-14-13-15-17-27)48-40(57)35(43(9,10)11)49-36-34(42(6,7)8)50-37(54)31(24(2)3)47-39(56)33-25(4)18-20-51(33)30(53)23-45-36/h13-17,19,21,24-26,29,31-35H,12,18,20,22-23H2,1-11H3,(H,45,49)(H,46,55)(H,47,56)(H,48,57)(H,50,54)/t25-,26+,29-,31+,32+,33+,34-,35-/m1/s1. The van der Waals surface area contributed by atoms with Crippen molar-refractivity contribution < 1.29 is 28.8 Å². The van der Waals surface area contributed by atoms with Crippen molar-refractivity contribution in [1.29, 1.82) is 0 Å². The van der Waals surface area contributed by atoms with Crippen LogP contribution in [-0.2, 0) is 28.8 Å². The Morgan fingerprint density at radius 2 is 1.62 bits per heavy atom. The van der Waals surface area contributed by atoms with Crippen LogP contribution >= 0.6 is 11.3 Å². The predicted octanol–water partition coefficient (Wildman–Crippen LogP) is 4.28. The van der Waals surface area contributed by atoms with E-state index in [2.05, 4.69) is 31.6 Å². The Hall–Kier alpha value is -4.66. The zero-order chi connectivity index (χ0) is 43.1. The minimum Gasteiger partial charge on any atom is -0.360 e. The average Bonchev–Trinajstić information content (AvgIpc) is 3.83. The van der Waals surface area contributed by atoms with Crippen LogP contribution in [0.1, 0.15) is 118 Å². The minimum absolute atomic E-state index is 0.0390. The lowest BCUT2D eigenvalue weighted by atomic mass is 9.82. The van der Waals surface area contributed by atoms with Crippen molar-refractivity contribution in [3.05, 3.63) is 52.5 Å². The first-order chi connectivity index (χ1) is 27.1. The summed E-state index contributed by atoms with van der Waals surface area (Å²) in [6.07, 6.45) is 2.60. The van der Waals surface area contributed by atoms with E-state index in [1.165, 1.54) is 11.3 Å². The molecule has 0 aliphatic carbocycles. The number of benzene rings is 1. The molecule has 58 heavy (non-hydrogen) atoms. The highest BCUT2D eigenvalue weighted by Gasteiger charge is 2.44. The summed E-state index contributed by atoms with van der Waals surface area (Å²) < 4.78 is 0. The molecule has 1 aromatic carbocycles. The van der Waals surface area contributed by atoms with Gasteiger partial charge in [0, 0.05) is 36.9 Å². The van der Waals surface area contributed by atoms with Crippen LogP contribution in [0.2, 0.25) is 0 Å². The number of Topliss-reactive ketones (excluding diaryl/α,β-unsaturated/α-hetero) is 1. The highest BCUT2D eigenvalue weighted by molar-refractivity contribution is 7.09. The number of aliphatic imine (C=N–C) groups is 1. The smallest absolute Gasteiger partial charge is 0.244 e. The van der Waals surface area contributed by atoms with Crippen LogP contribution in [0.15, 0.2) is 46.9 Å². The van der Waals surface area contributed by atoms with E-state index in [0.29, 0.717) is 24.4 Å². The van der Waals surface area contributed by atoms with Crippen molar-refractivity contribution in [1.82, 2.24) is 36.5 Å². The summed E-state index contributed by atoms with van der Waals surface area (Å²) in [7, 11) is 0. The van der Waals surface area contributed by atoms with E-state index in [1.54, 1.807) is 23.4 Å². The van der Waals surface area contributed by atoms with Crippen LogP contribution < -0.4 is 26.6 Å². The minimum atomic E-state index is -1.08. The first kappa shape index (κ1) is 46.0. The lowest BCUT2D eigenvalue weighted by molar-refractivity contribution is -0.140. The van der Waals surface area contributed by atoms with Crippen LogP contribution in [0, 0.1) is 22.7 Å². The van der Waals surface area contributed by atoms with Crippen LogP contribution in [0.4, 0.5) is 0 Å². The number of carbonyl (C=O) groups is 6. The lowest BCUT2D eigenvalue weighted by Crippen LogP contribution is -2.65. The molecule has 1 saturated heterocycles. The summed E-state index contributed by atoms with van der Waals surface area (Å²) in [4.78, 5) is 94.2. The Morgan fingerprint density at radius 3 is 2.19 bits per heavy atom. The molecule has 2 aromatic rings. The summed E-state index contributed by atoms with van der Waals surface area (Å²) in [5.74, 6) is -2.82. The fourth-order valence-electron chi connectivity index (χ4n) is 7.46. The molecule has 8 atom stereocenters. The van der Waals surface area contributed by atoms with Crippen molar-refractivity contribution in [3.8, 4) is 0 Å². The van der Waals surface area contributed by atoms with Gasteiger partial charge in [-0.3, -0.25) is 33.8 Å². The number of nitrogens with zero attached hydrogens (tertiary/aromatic N) is 3. The zero-order valence-corrected chi connectivity index (χ0v) is 36.8. The van der Waals surface area contributed by atoms with Crippen LogP contribution in [0.5, 0.6) is 0 Å². The molecular formula is C43H64N8O6S. The summed E-state index contributed by atoms with van der Waals surface area (Å²) in [6, 6.07) is 4.13. The molecule has 2 aliphatic heterocycles. The number of amidine groups is 1. The predicted molar refractivity (Wildman–Crippen MR) is 226 cm³/mol. The fourth-order valence-corrected chi connectivity index (χ4v) is 8.15. The number of hydrogen-bond acceptors (Lipinski definition) is 10. The normalized spacial score (nSPS) is 22.9. The summed E-state index contributed by atoms with van der Waals surface area (Å²) >= 11 is 1.34. The summed E-state index contributed by atoms with van der Waals surface area (Å²) in [5.41, 5.74) is -0.655. The summed E-state index contributed by atoms with van der Waals surface area (Å²) in [6.45, 7) is 20.7. The van der Waals surface area contributed by atoms with Gasteiger partial charge in [0.05, 0.1) is 12.1 Å². The molecule has 3 heterocycles. The third-order valence-electron chi connectivity index (χ3n) is 11.1. The number of thiazole rings is 1. The molecule has 0 unspecified atom stereocenters. The molecule has 0 bridgehead atoms. The Balaban J connectivity index is 1.76. The Bertz CT molecular complexity index is 1800. The summed E-state index contributed by atoms with van der Waals surface area (Å²) in [5, 5.41) is 17.9.